The number of hydrazone groups is 1. The zero-order chi connectivity index (χ0) is 16.8. The molecule has 0 aliphatic carbocycles. The van der Waals surface area contributed by atoms with Crippen molar-refractivity contribution < 1.29 is 0 Å². The molecule has 0 aromatic heterocycles. The van der Waals surface area contributed by atoms with Gasteiger partial charge in [-0.05, 0) is 36.4 Å². The summed E-state index contributed by atoms with van der Waals surface area (Å²) < 4.78 is 0. The maximum absolute atomic E-state index is 4.64. The highest BCUT2D eigenvalue weighted by atomic mass is 32.2. The minimum Gasteiger partial charge on any atom is -0.295 e. The van der Waals surface area contributed by atoms with Gasteiger partial charge in [0.25, 0.3) is 0 Å². The number of rotatable bonds is 5. The topological polar surface area (TPSA) is 18.8 Å². The molecular weight excluding hydrogens is 314 g/mol. The predicted molar refractivity (Wildman–Crippen MR) is 104 cm³/mol. The molecule has 0 radical (unpaired) electrons. The summed E-state index contributed by atoms with van der Waals surface area (Å²) in [7, 11) is 0. The summed E-state index contributed by atoms with van der Waals surface area (Å²) in [6.07, 6.45) is 4.07. The highest BCUT2D eigenvalue weighted by Crippen LogP contribution is 2.14. The molecule has 3 nitrogen and oxygen atoms in total. The largest absolute Gasteiger partial charge is 0.295 e. The Kier molecular flexibility index (Phi) is 5.94. The van der Waals surface area contributed by atoms with Crippen LogP contribution in [0.3, 0.4) is 0 Å². The van der Waals surface area contributed by atoms with Crippen LogP contribution in [0.4, 0.5) is 0 Å². The van der Waals surface area contributed by atoms with E-state index in [9.17, 15) is 0 Å². The second-order valence-electron chi connectivity index (χ2n) is 6.23. The van der Waals surface area contributed by atoms with Crippen LogP contribution in [0.5, 0.6) is 0 Å². The summed E-state index contributed by atoms with van der Waals surface area (Å²) in [6, 6.07) is 17.4. The molecule has 1 heterocycles. The van der Waals surface area contributed by atoms with E-state index in [1.807, 2.05) is 6.21 Å². The van der Waals surface area contributed by atoms with Crippen molar-refractivity contribution in [3.8, 4) is 0 Å². The second-order valence-corrected chi connectivity index (χ2v) is 7.11. The quantitative estimate of drug-likeness (QED) is 0.609. The molecule has 0 spiro atoms. The first kappa shape index (κ1) is 17.1. The van der Waals surface area contributed by atoms with E-state index in [-0.39, 0.29) is 0 Å². The molecule has 0 saturated carbocycles. The van der Waals surface area contributed by atoms with Gasteiger partial charge in [0.2, 0.25) is 0 Å². The first-order valence-corrected chi connectivity index (χ1v) is 9.66. The van der Waals surface area contributed by atoms with Crippen LogP contribution in [-0.4, -0.2) is 48.6 Å². The van der Waals surface area contributed by atoms with Crippen molar-refractivity contribution in [1.82, 2.24) is 9.91 Å². The fraction of sp³-hybridized carbons (Fsp3) is 0.350. The zero-order valence-electron chi connectivity index (χ0n) is 14.5. The van der Waals surface area contributed by atoms with Crippen LogP contribution in [0.1, 0.15) is 16.7 Å². The van der Waals surface area contributed by atoms with Gasteiger partial charge in [0, 0.05) is 37.6 Å². The van der Waals surface area contributed by atoms with Gasteiger partial charge in [-0.3, -0.25) is 9.91 Å². The fourth-order valence-electron chi connectivity index (χ4n) is 2.80. The van der Waals surface area contributed by atoms with Crippen LogP contribution in [0.2, 0.25) is 0 Å². The van der Waals surface area contributed by atoms with Crippen molar-refractivity contribution in [1.29, 1.82) is 0 Å². The first-order chi connectivity index (χ1) is 11.7. The lowest BCUT2D eigenvalue weighted by atomic mass is 10.1. The molecule has 2 aromatic rings. The van der Waals surface area contributed by atoms with E-state index in [1.54, 1.807) is 11.8 Å². The Morgan fingerprint density at radius 3 is 2.25 bits per heavy atom. The number of hydrogen-bond acceptors (Lipinski definition) is 4. The normalized spacial score (nSPS) is 16.0. The minimum atomic E-state index is 0.991. The molecule has 2 aromatic carbocycles. The fourth-order valence-corrected chi connectivity index (χ4v) is 3.21. The van der Waals surface area contributed by atoms with E-state index in [0.29, 0.717) is 0 Å². The van der Waals surface area contributed by atoms with Crippen LogP contribution in [0.15, 0.2) is 58.5 Å². The van der Waals surface area contributed by atoms with E-state index < -0.39 is 0 Å². The first-order valence-electron chi connectivity index (χ1n) is 8.44. The standard InChI is InChI=1S/C20H25N3S/c1-17-3-5-19(6-4-17)16-22-11-13-23(14-12-22)21-15-18-7-9-20(24-2)10-8-18/h3-10,15H,11-14,16H2,1-2H3/b21-15+. The molecular formula is C20H25N3S. The summed E-state index contributed by atoms with van der Waals surface area (Å²) in [5, 5.41) is 6.81. The summed E-state index contributed by atoms with van der Waals surface area (Å²) in [5.41, 5.74) is 3.88. The van der Waals surface area contributed by atoms with Crippen molar-refractivity contribution in [2.75, 3.05) is 32.4 Å². The lowest BCUT2D eigenvalue weighted by Gasteiger charge is -2.33. The van der Waals surface area contributed by atoms with Gasteiger partial charge in [0.05, 0.1) is 6.21 Å². The van der Waals surface area contributed by atoms with E-state index >= 15 is 0 Å². The summed E-state index contributed by atoms with van der Waals surface area (Å²) in [6.45, 7) is 7.28. The lowest BCUT2D eigenvalue weighted by Crippen LogP contribution is -2.43. The summed E-state index contributed by atoms with van der Waals surface area (Å²) in [4.78, 5) is 3.79. The highest BCUT2D eigenvalue weighted by Gasteiger charge is 2.15. The molecule has 0 bridgehead atoms. The van der Waals surface area contributed by atoms with E-state index in [4.69, 9.17) is 0 Å². The number of aryl methyl sites for hydroxylation is 1. The van der Waals surface area contributed by atoms with Crippen LogP contribution in [-0.2, 0) is 6.54 Å². The van der Waals surface area contributed by atoms with Gasteiger partial charge in [-0.1, -0.05) is 42.0 Å². The van der Waals surface area contributed by atoms with E-state index in [0.717, 1.165) is 38.3 Å². The van der Waals surface area contributed by atoms with E-state index in [2.05, 4.69) is 76.7 Å². The molecule has 1 aliphatic rings. The average Bonchev–Trinajstić information content (AvgIpc) is 2.63. The Morgan fingerprint density at radius 2 is 1.62 bits per heavy atom. The molecule has 0 unspecified atom stereocenters. The zero-order valence-corrected chi connectivity index (χ0v) is 15.3. The van der Waals surface area contributed by atoms with Gasteiger partial charge in [-0.25, -0.2) is 0 Å². The average molecular weight is 340 g/mol. The molecule has 0 N–H and O–H groups in total. The minimum absolute atomic E-state index is 0.991. The third-order valence-electron chi connectivity index (χ3n) is 4.36. The number of hydrogen-bond donors (Lipinski definition) is 0. The number of piperazine rings is 1. The lowest BCUT2D eigenvalue weighted by molar-refractivity contribution is 0.131. The van der Waals surface area contributed by atoms with Crippen LogP contribution >= 0.6 is 11.8 Å². The predicted octanol–water partition coefficient (Wildman–Crippen LogP) is 3.87. The smallest absolute Gasteiger partial charge is 0.0542 e. The maximum atomic E-state index is 4.64. The Bertz CT molecular complexity index is 656. The van der Waals surface area contributed by atoms with Crippen molar-refractivity contribution in [3.63, 3.8) is 0 Å². The molecule has 1 aliphatic heterocycles. The van der Waals surface area contributed by atoms with E-state index in [1.165, 1.54) is 16.0 Å². The van der Waals surface area contributed by atoms with Crippen molar-refractivity contribution in [3.05, 3.63) is 65.2 Å². The Labute approximate surface area is 149 Å². The molecule has 1 saturated heterocycles. The molecule has 3 rings (SSSR count). The molecule has 0 amide bonds. The van der Waals surface area contributed by atoms with Gasteiger partial charge in [0.15, 0.2) is 0 Å². The van der Waals surface area contributed by atoms with Gasteiger partial charge in [0.1, 0.15) is 0 Å². The third-order valence-corrected chi connectivity index (χ3v) is 5.10. The van der Waals surface area contributed by atoms with Crippen molar-refractivity contribution in [2.45, 2.75) is 18.4 Å². The number of thioether (sulfide) groups is 1. The molecule has 1 fully saturated rings. The number of benzene rings is 2. The monoisotopic (exact) mass is 339 g/mol. The highest BCUT2D eigenvalue weighted by molar-refractivity contribution is 7.98. The Balaban J connectivity index is 1.47. The molecule has 24 heavy (non-hydrogen) atoms. The SMILES string of the molecule is CSc1ccc(/C=N/N2CCN(Cc3ccc(C)cc3)CC2)cc1. The molecule has 4 heteroatoms. The molecule has 0 atom stereocenters. The number of nitrogens with zero attached hydrogens (tertiary/aromatic N) is 3. The second kappa shape index (κ2) is 8.36. The van der Waals surface area contributed by atoms with Crippen LogP contribution in [0.25, 0.3) is 0 Å². The van der Waals surface area contributed by atoms with Gasteiger partial charge in [-0.15, -0.1) is 11.8 Å². The summed E-state index contributed by atoms with van der Waals surface area (Å²) in [5.74, 6) is 0. The third kappa shape index (κ3) is 4.86. The van der Waals surface area contributed by atoms with Gasteiger partial charge < -0.3 is 0 Å². The molecule has 126 valence electrons. The van der Waals surface area contributed by atoms with Crippen LogP contribution < -0.4 is 0 Å². The summed E-state index contributed by atoms with van der Waals surface area (Å²) >= 11 is 1.76. The maximum Gasteiger partial charge on any atom is 0.0542 e. The van der Waals surface area contributed by atoms with Gasteiger partial charge in [-0.2, -0.15) is 5.10 Å². The van der Waals surface area contributed by atoms with Crippen LogP contribution in [0, 0.1) is 6.92 Å². The Hall–Kier alpha value is -1.78. The van der Waals surface area contributed by atoms with Crippen molar-refractivity contribution in [2.24, 2.45) is 5.10 Å². The van der Waals surface area contributed by atoms with Gasteiger partial charge >= 0.3 is 0 Å². The Morgan fingerprint density at radius 1 is 0.958 bits per heavy atom. The van der Waals surface area contributed by atoms with Crippen molar-refractivity contribution >= 4 is 18.0 Å².